The molecule has 0 saturated heterocycles. The van der Waals surface area contributed by atoms with Crippen LogP contribution in [0.25, 0.3) is 0 Å². The Morgan fingerprint density at radius 1 is 0.684 bits per heavy atom. The van der Waals surface area contributed by atoms with Crippen LogP contribution in [0, 0.1) is 17.8 Å². The Kier molecular flexibility index (Phi) is 21.7. The quantitative estimate of drug-likeness (QED) is 0.0869. The highest BCUT2D eigenvalue weighted by Gasteiger charge is 2.42. The Labute approximate surface area is 244 Å². The van der Waals surface area contributed by atoms with Gasteiger partial charge < -0.3 is 13.3 Å². The van der Waals surface area contributed by atoms with E-state index in [-0.39, 0.29) is 0 Å². The molecule has 5 nitrogen and oxygen atoms in total. The van der Waals surface area contributed by atoms with Gasteiger partial charge in [-0.15, -0.1) is 0 Å². The lowest BCUT2D eigenvalue weighted by Gasteiger charge is -2.38. The van der Waals surface area contributed by atoms with Gasteiger partial charge in [-0.2, -0.15) is 0 Å². The fourth-order valence-electron chi connectivity index (χ4n) is 5.63. The normalized spacial score (nSPS) is 20.1. The zero-order valence-electron chi connectivity index (χ0n) is 25.2. The third-order valence-corrected chi connectivity index (χ3v) is 12.7. The van der Waals surface area contributed by atoms with Crippen LogP contribution in [0.15, 0.2) is 0 Å². The molecule has 0 aromatic heterocycles. The maximum absolute atomic E-state index is 12.4. The summed E-state index contributed by atoms with van der Waals surface area (Å²) >= 11 is 3.10. The number of hydrogen-bond donors (Lipinski definition) is 0. The van der Waals surface area contributed by atoms with E-state index < -0.39 is 8.80 Å². The van der Waals surface area contributed by atoms with Crippen molar-refractivity contribution >= 4 is 42.6 Å². The second kappa shape index (κ2) is 22.8. The molecule has 3 unspecified atom stereocenters. The van der Waals surface area contributed by atoms with Gasteiger partial charge >= 0.3 is 8.80 Å². The number of carbonyl (C=O) groups is 2. The second-order valence-electron chi connectivity index (χ2n) is 10.7. The summed E-state index contributed by atoms with van der Waals surface area (Å²) in [5.41, 5.74) is 0. The highest BCUT2D eigenvalue weighted by Crippen LogP contribution is 2.42. The van der Waals surface area contributed by atoms with E-state index >= 15 is 0 Å². The summed E-state index contributed by atoms with van der Waals surface area (Å²) in [6.07, 6.45) is 15.1. The molecule has 8 heteroatoms. The van der Waals surface area contributed by atoms with E-state index in [0.29, 0.717) is 54.2 Å². The van der Waals surface area contributed by atoms with Crippen molar-refractivity contribution in [1.29, 1.82) is 0 Å². The Bertz CT molecular complexity index is 604. The molecule has 0 spiro atoms. The predicted octanol–water partition coefficient (Wildman–Crippen LogP) is 8.92. The molecule has 0 radical (unpaired) electrons. The van der Waals surface area contributed by atoms with Gasteiger partial charge in [0.05, 0.1) is 0 Å². The lowest BCUT2D eigenvalue weighted by molar-refractivity contribution is -0.111. The van der Waals surface area contributed by atoms with Crippen LogP contribution >= 0.6 is 23.5 Å². The van der Waals surface area contributed by atoms with Crippen molar-refractivity contribution in [3.05, 3.63) is 0 Å². The largest absolute Gasteiger partial charge is 0.500 e. The molecule has 1 aliphatic carbocycles. The maximum atomic E-state index is 12.4. The minimum Gasteiger partial charge on any atom is -0.374 e. The number of thioether (sulfide) groups is 2. The predicted molar refractivity (Wildman–Crippen MR) is 167 cm³/mol. The Balaban J connectivity index is 2.69. The van der Waals surface area contributed by atoms with Crippen molar-refractivity contribution in [2.24, 2.45) is 17.8 Å². The molecule has 0 aliphatic heterocycles. The first kappa shape index (κ1) is 36.2. The minimum absolute atomic E-state index is 0.357. The Morgan fingerprint density at radius 2 is 1.21 bits per heavy atom. The molecule has 1 fully saturated rings. The van der Waals surface area contributed by atoms with Crippen molar-refractivity contribution in [2.45, 2.75) is 131 Å². The lowest BCUT2D eigenvalue weighted by atomic mass is 9.71. The van der Waals surface area contributed by atoms with Crippen LogP contribution < -0.4 is 0 Å². The Hall–Kier alpha value is 0.137. The first-order valence-corrected chi connectivity index (χ1v) is 19.6. The van der Waals surface area contributed by atoms with Gasteiger partial charge in [-0.3, -0.25) is 9.59 Å². The fourth-order valence-corrected chi connectivity index (χ4v) is 10.3. The minimum atomic E-state index is -2.64. The van der Waals surface area contributed by atoms with Gasteiger partial charge in [-0.1, -0.05) is 69.5 Å². The lowest BCUT2D eigenvalue weighted by Crippen LogP contribution is -2.46. The summed E-state index contributed by atoms with van der Waals surface area (Å²) in [7, 11) is -2.64. The van der Waals surface area contributed by atoms with Gasteiger partial charge in [-0.05, 0) is 83.5 Å². The standard InChI is InChI=1S/C30H58O5S2Si/c1-6-11-13-15-29(31)36-22-19-26-17-18-27(21-24-38(33-8-3,34-9-4)35-10-5)28(25-26)20-23-37-30(32)16-14-12-7-2/h26-28H,6-25H2,1-5H3. The highest BCUT2D eigenvalue weighted by molar-refractivity contribution is 8.13. The molecule has 0 aromatic rings. The topological polar surface area (TPSA) is 61.8 Å². The van der Waals surface area contributed by atoms with Gasteiger partial charge in [0.2, 0.25) is 0 Å². The smallest absolute Gasteiger partial charge is 0.374 e. The molecule has 3 atom stereocenters. The number of rotatable bonds is 23. The van der Waals surface area contributed by atoms with E-state index in [0.717, 1.165) is 81.8 Å². The zero-order chi connectivity index (χ0) is 28.1. The molecule has 0 heterocycles. The molecule has 0 aromatic carbocycles. The SMILES string of the molecule is CCCCCC(=O)SCCC1CCC(CC[Si](OCC)(OCC)OCC)C(CCSC(=O)CCCCC)C1. The molecular weight excluding hydrogens is 533 g/mol. The van der Waals surface area contributed by atoms with Crippen LogP contribution in [0.4, 0.5) is 0 Å². The summed E-state index contributed by atoms with van der Waals surface area (Å²) in [6.45, 7) is 12.3. The first-order valence-electron chi connectivity index (χ1n) is 15.7. The summed E-state index contributed by atoms with van der Waals surface area (Å²) in [5, 5.41) is 0.724. The van der Waals surface area contributed by atoms with Gasteiger partial charge in [0.25, 0.3) is 0 Å². The van der Waals surface area contributed by atoms with Gasteiger partial charge in [0.15, 0.2) is 10.2 Å². The molecular formula is C30H58O5S2Si. The molecule has 38 heavy (non-hydrogen) atoms. The van der Waals surface area contributed by atoms with Crippen molar-refractivity contribution < 1.29 is 22.9 Å². The molecule has 0 N–H and O–H groups in total. The van der Waals surface area contributed by atoms with Gasteiger partial charge in [-0.25, -0.2) is 0 Å². The molecule has 1 saturated carbocycles. The average Bonchev–Trinajstić information content (AvgIpc) is 2.89. The summed E-state index contributed by atoms with van der Waals surface area (Å²) in [4.78, 5) is 24.6. The third kappa shape index (κ3) is 15.8. The number of carbonyl (C=O) groups excluding carboxylic acids is 2. The van der Waals surface area contributed by atoms with E-state index in [9.17, 15) is 9.59 Å². The van der Waals surface area contributed by atoms with E-state index in [1.807, 2.05) is 20.8 Å². The number of unbranched alkanes of at least 4 members (excludes halogenated alkanes) is 4. The van der Waals surface area contributed by atoms with Crippen LogP contribution in [-0.4, -0.2) is 50.4 Å². The van der Waals surface area contributed by atoms with Gasteiger partial charge in [0, 0.05) is 50.2 Å². The van der Waals surface area contributed by atoms with Crippen LogP contribution in [0.5, 0.6) is 0 Å². The fraction of sp³-hybridized carbons (Fsp3) is 0.933. The molecule has 0 bridgehead atoms. The summed E-state index contributed by atoms with van der Waals surface area (Å²) in [6, 6.07) is 0.875. The van der Waals surface area contributed by atoms with Crippen LogP contribution in [0.2, 0.25) is 6.04 Å². The van der Waals surface area contributed by atoms with Gasteiger partial charge in [0.1, 0.15) is 0 Å². The second-order valence-corrected chi connectivity index (χ2v) is 15.7. The first-order chi connectivity index (χ1) is 18.4. The van der Waals surface area contributed by atoms with E-state index in [1.165, 1.54) is 19.3 Å². The van der Waals surface area contributed by atoms with Crippen LogP contribution in [-0.2, 0) is 22.9 Å². The zero-order valence-corrected chi connectivity index (χ0v) is 27.9. The van der Waals surface area contributed by atoms with E-state index in [2.05, 4.69) is 13.8 Å². The van der Waals surface area contributed by atoms with E-state index in [4.69, 9.17) is 13.3 Å². The maximum Gasteiger partial charge on any atom is 0.500 e. The van der Waals surface area contributed by atoms with Crippen LogP contribution in [0.1, 0.15) is 125 Å². The molecule has 224 valence electrons. The van der Waals surface area contributed by atoms with Crippen molar-refractivity contribution in [3.63, 3.8) is 0 Å². The highest BCUT2D eigenvalue weighted by atomic mass is 32.2. The van der Waals surface area contributed by atoms with E-state index in [1.54, 1.807) is 23.5 Å². The Morgan fingerprint density at radius 3 is 1.71 bits per heavy atom. The molecule has 0 amide bonds. The monoisotopic (exact) mass is 590 g/mol. The average molecular weight is 591 g/mol. The summed E-state index contributed by atoms with van der Waals surface area (Å²) < 4.78 is 18.4. The summed E-state index contributed by atoms with van der Waals surface area (Å²) in [5.74, 6) is 3.80. The van der Waals surface area contributed by atoms with Crippen molar-refractivity contribution in [2.75, 3.05) is 31.3 Å². The van der Waals surface area contributed by atoms with Crippen LogP contribution in [0.3, 0.4) is 0 Å². The molecule has 1 aliphatic rings. The van der Waals surface area contributed by atoms with Crippen molar-refractivity contribution in [3.8, 4) is 0 Å². The molecule has 1 rings (SSSR count). The third-order valence-electron chi connectivity index (χ3n) is 7.67. The van der Waals surface area contributed by atoms with Crippen molar-refractivity contribution in [1.82, 2.24) is 0 Å². The number of hydrogen-bond acceptors (Lipinski definition) is 7.